The Hall–Kier alpha value is -5.97. The van der Waals surface area contributed by atoms with Crippen LogP contribution in [0.15, 0.2) is 60.2 Å². The molecule has 0 saturated carbocycles. The molecule has 7 amide bonds. The third kappa shape index (κ3) is 15.8. The Labute approximate surface area is 413 Å². The number of aliphatic hydroxyl groups excluding tert-OH is 2. The molecule has 2 aliphatic rings. The van der Waals surface area contributed by atoms with E-state index in [2.05, 4.69) is 31.9 Å². The lowest BCUT2D eigenvalue weighted by Crippen LogP contribution is -2.64. The van der Waals surface area contributed by atoms with Crippen molar-refractivity contribution >= 4 is 64.4 Å². The van der Waals surface area contributed by atoms with Crippen LogP contribution in [0.3, 0.4) is 0 Å². The first-order chi connectivity index (χ1) is 33.0. The molecule has 1 unspecified atom stereocenters. The normalized spacial score (nSPS) is 25.7. The number of methoxy groups -OCH3 is 2. The number of ether oxygens (including phenoxy) is 4. The van der Waals surface area contributed by atoms with Crippen molar-refractivity contribution in [2.75, 3.05) is 43.3 Å². The fourth-order valence-corrected chi connectivity index (χ4v) is 8.55. The summed E-state index contributed by atoms with van der Waals surface area (Å²) < 4.78 is 22.9. The predicted octanol–water partition coefficient (Wildman–Crippen LogP) is 3.40. The Kier molecular flexibility index (Phi) is 20.8. The summed E-state index contributed by atoms with van der Waals surface area (Å²) in [5.74, 6) is -3.84. The molecule has 4 bridgehead atoms. The number of nitrogens with one attached hydrogen (secondary N) is 6. The van der Waals surface area contributed by atoms with Crippen LogP contribution in [0, 0.1) is 17.8 Å². The first-order valence-corrected chi connectivity index (χ1v) is 23.3. The standard InChI is InChI=1S/C48H69ClN8O13/c1-25(2)41(52-29(6)58)44(62)55-33(13-11-19-51-45(50)63)43(61)53-31-15-17-32(18-16-31)54-46(64)69-35-23-39(59)57(7)34-21-30(22-36(67-8)40(34)49)20-26(3)12-10-14-38(68-9)48(66)24-37(70-47(65)56-48)28(5)42(60)27(35)4/h10,12,14-18,21-22,25,27-28,33,35,37-38,41-42,46,54,60,64,66H,11,13,19-20,23-24H2,1-9H3,(H,52,58)(H,53,61)(H,55,62)(H,56,65)(H3,50,51,63)/b14-10+,26-12+/t27-,28-,33+,35+,37+,38-,41+,42-,46?,48+/m1/s1. The molecule has 2 aromatic rings. The maximum Gasteiger partial charge on any atom is 0.409 e. The second-order valence-electron chi connectivity index (χ2n) is 18.1. The molecule has 0 aromatic heterocycles. The number of urea groups is 1. The molecule has 2 heterocycles. The van der Waals surface area contributed by atoms with Gasteiger partial charge in [-0.3, -0.25) is 24.5 Å². The van der Waals surface area contributed by atoms with Crippen molar-refractivity contribution in [2.24, 2.45) is 23.5 Å². The summed E-state index contributed by atoms with van der Waals surface area (Å²) in [7, 11) is 4.37. The molecule has 11 N–H and O–H groups in total. The number of hydrogen-bond donors (Lipinski definition) is 10. The van der Waals surface area contributed by atoms with Crippen molar-refractivity contribution in [1.82, 2.24) is 21.3 Å². The number of halogens is 1. The van der Waals surface area contributed by atoms with Crippen LogP contribution >= 0.6 is 11.6 Å². The van der Waals surface area contributed by atoms with Crippen LogP contribution in [0.5, 0.6) is 5.75 Å². The van der Waals surface area contributed by atoms with E-state index in [1.165, 1.54) is 57.4 Å². The Balaban J connectivity index is 1.60. The molecule has 0 spiro atoms. The number of rotatable bonds is 16. The van der Waals surface area contributed by atoms with Gasteiger partial charge in [-0.2, -0.15) is 0 Å². The number of amides is 7. The number of primary amides is 1. The number of aliphatic hydroxyl groups is 3. The molecule has 0 aliphatic carbocycles. The molecule has 386 valence electrons. The van der Waals surface area contributed by atoms with E-state index >= 15 is 0 Å². The number of nitrogens with two attached hydrogens (primary N) is 1. The average Bonchev–Trinajstić information content (AvgIpc) is 3.29. The van der Waals surface area contributed by atoms with Crippen LogP contribution in [0.2, 0.25) is 5.02 Å². The molecule has 4 rings (SSSR count). The lowest BCUT2D eigenvalue weighted by molar-refractivity contribution is -0.169. The topological polar surface area (TPSA) is 301 Å². The van der Waals surface area contributed by atoms with Gasteiger partial charge in [-0.15, -0.1) is 0 Å². The van der Waals surface area contributed by atoms with Gasteiger partial charge in [0.05, 0.1) is 31.4 Å². The number of fused-ring (bicyclic) bond motifs is 4. The van der Waals surface area contributed by atoms with Gasteiger partial charge in [0.1, 0.15) is 35.1 Å². The fraction of sp³-hybridized carbons (Fsp3) is 0.542. The molecule has 1 fully saturated rings. The summed E-state index contributed by atoms with van der Waals surface area (Å²) in [6, 6.07) is 6.87. The highest BCUT2D eigenvalue weighted by molar-refractivity contribution is 6.35. The number of carbonyl (C=O) groups excluding carboxylic acids is 6. The van der Waals surface area contributed by atoms with Gasteiger partial charge in [0.2, 0.25) is 30.0 Å². The van der Waals surface area contributed by atoms with Crippen molar-refractivity contribution in [3.05, 3.63) is 70.8 Å². The second kappa shape index (κ2) is 25.8. The monoisotopic (exact) mass is 1000 g/mol. The quantitative estimate of drug-likeness (QED) is 0.0852. The van der Waals surface area contributed by atoms with Crippen molar-refractivity contribution in [1.29, 1.82) is 0 Å². The van der Waals surface area contributed by atoms with Crippen molar-refractivity contribution in [2.45, 2.75) is 122 Å². The minimum Gasteiger partial charge on any atom is -0.495 e. The summed E-state index contributed by atoms with van der Waals surface area (Å²) in [6.07, 6.45) is -1.99. The first kappa shape index (κ1) is 56.6. The molecular weight excluding hydrogens is 932 g/mol. The molecule has 0 radical (unpaired) electrons. The van der Waals surface area contributed by atoms with Gasteiger partial charge in [-0.05, 0) is 74.1 Å². The number of benzene rings is 2. The Morgan fingerprint density at radius 3 is 2.33 bits per heavy atom. The van der Waals surface area contributed by atoms with Crippen LogP contribution in [-0.2, 0) is 39.8 Å². The van der Waals surface area contributed by atoms with Crippen molar-refractivity contribution in [3.63, 3.8) is 0 Å². The van der Waals surface area contributed by atoms with Crippen LogP contribution < -0.4 is 47.3 Å². The largest absolute Gasteiger partial charge is 0.495 e. The summed E-state index contributed by atoms with van der Waals surface area (Å²) in [5, 5.41) is 51.0. The van der Waals surface area contributed by atoms with Crippen LogP contribution in [0.4, 0.5) is 26.7 Å². The summed E-state index contributed by atoms with van der Waals surface area (Å²) in [5.41, 5.74) is 5.83. The smallest absolute Gasteiger partial charge is 0.409 e. The lowest BCUT2D eigenvalue weighted by Gasteiger charge is -2.43. The van der Waals surface area contributed by atoms with Gasteiger partial charge in [0.15, 0.2) is 5.72 Å². The first-order valence-electron chi connectivity index (χ1n) is 23.0. The van der Waals surface area contributed by atoms with E-state index < -0.39 is 103 Å². The van der Waals surface area contributed by atoms with Crippen LogP contribution in [-0.4, -0.2) is 128 Å². The molecule has 1 saturated heterocycles. The van der Waals surface area contributed by atoms with Gasteiger partial charge < -0.3 is 71.5 Å². The van der Waals surface area contributed by atoms with Gasteiger partial charge in [-0.1, -0.05) is 63.1 Å². The maximum absolute atomic E-state index is 14.2. The van der Waals surface area contributed by atoms with Gasteiger partial charge in [-0.25, -0.2) is 9.59 Å². The van der Waals surface area contributed by atoms with E-state index in [-0.39, 0.29) is 36.7 Å². The molecular formula is C48H69ClN8O13. The maximum atomic E-state index is 14.2. The summed E-state index contributed by atoms with van der Waals surface area (Å²) in [4.78, 5) is 78.4. The predicted molar refractivity (Wildman–Crippen MR) is 262 cm³/mol. The number of hydrogen-bond acceptors (Lipinski definition) is 14. The van der Waals surface area contributed by atoms with Crippen molar-refractivity contribution in [3.8, 4) is 5.75 Å². The zero-order valence-electron chi connectivity index (χ0n) is 41.0. The highest BCUT2D eigenvalue weighted by Gasteiger charge is 2.48. The average molecular weight is 1000 g/mol. The molecule has 21 nitrogen and oxygen atoms in total. The number of carbonyl (C=O) groups is 6. The van der Waals surface area contributed by atoms with E-state index in [1.54, 1.807) is 52.0 Å². The zero-order chi connectivity index (χ0) is 52.0. The van der Waals surface area contributed by atoms with E-state index in [1.807, 2.05) is 13.0 Å². The van der Waals surface area contributed by atoms with E-state index in [4.69, 9.17) is 36.3 Å². The van der Waals surface area contributed by atoms with Crippen LogP contribution in [0.25, 0.3) is 0 Å². The number of nitrogens with zero attached hydrogens (tertiary/aromatic N) is 1. The van der Waals surface area contributed by atoms with Gasteiger partial charge >= 0.3 is 12.1 Å². The summed E-state index contributed by atoms with van der Waals surface area (Å²) in [6.45, 7) is 10.0. The van der Waals surface area contributed by atoms with E-state index in [0.29, 0.717) is 29.2 Å². The second-order valence-corrected chi connectivity index (χ2v) is 18.5. The minimum absolute atomic E-state index is 0.110. The number of alkyl carbamates (subject to hydrolysis) is 1. The highest BCUT2D eigenvalue weighted by atomic mass is 35.5. The van der Waals surface area contributed by atoms with Crippen LogP contribution in [0.1, 0.15) is 72.8 Å². The molecule has 2 aliphatic heterocycles. The Morgan fingerprint density at radius 2 is 1.71 bits per heavy atom. The highest BCUT2D eigenvalue weighted by Crippen LogP contribution is 2.38. The molecule has 22 heteroatoms. The Bertz CT molecular complexity index is 2230. The van der Waals surface area contributed by atoms with Gasteiger partial charge in [0.25, 0.3) is 0 Å². The van der Waals surface area contributed by atoms with E-state index in [0.717, 1.165) is 11.1 Å². The zero-order valence-corrected chi connectivity index (χ0v) is 41.8. The molecule has 10 atom stereocenters. The third-order valence-electron chi connectivity index (χ3n) is 12.3. The fourth-order valence-electron chi connectivity index (χ4n) is 8.23. The van der Waals surface area contributed by atoms with Gasteiger partial charge in [0, 0.05) is 57.3 Å². The lowest BCUT2D eigenvalue weighted by atomic mass is 9.81. The third-order valence-corrected chi connectivity index (χ3v) is 12.7. The number of allylic oxidation sites excluding steroid dienone is 3. The SMILES string of the molecule is COc1cc2cc(c1Cl)N(C)C(=O)C[C@H](OC(O)Nc1ccc(NC(=O)[C@H](CCCNC(N)=O)NC(=O)[C@@H](NC(C)=O)C(C)C)cc1)[C@@H](C)[C@@H](O)[C@H](C)[C@@H]1C[C@@](O)(NC(=O)O1)[C@H](OC)/C=C/C=C(\C)C2. The summed E-state index contributed by atoms with van der Waals surface area (Å²) >= 11 is 6.78. The molecule has 70 heavy (non-hydrogen) atoms. The van der Waals surface area contributed by atoms with Crippen molar-refractivity contribution < 1.29 is 63.0 Å². The number of anilines is 3. The molecule has 2 aromatic carbocycles. The Morgan fingerprint density at radius 1 is 1.04 bits per heavy atom. The minimum atomic E-state index is -1.94. The van der Waals surface area contributed by atoms with E-state index in [9.17, 15) is 44.1 Å².